The average Bonchev–Trinajstić information content (AvgIpc) is 2.98. The van der Waals surface area contributed by atoms with Gasteiger partial charge in [-0.3, -0.25) is 10.2 Å². The molecular weight excluding hydrogens is 364 g/mol. The Hall–Kier alpha value is -2.42. The summed E-state index contributed by atoms with van der Waals surface area (Å²) < 4.78 is 28.2. The summed E-state index contributed by atoms with van der Waals surface area (Å²) in [6, 6.07) is 13.3. The predicted octanol–water partition coefficient (Wildman–Crippen LogP) is 2.13. The summed E-state index contributed by atoms with van der Waals surface area (Å²) >= 11 is 5.80. The first kappa shape index (κ1) is 17.4. The zero-order chi connectivity index (χ0) is 17.9. The molecule has 0 saturated carbocycles. The van der Waals surface area contributed by atoms with Gasteiger partial charge in [0.05, 0.1) is 15.9 Å². The van der Waals surface area contributed by atoms with E-state index >= 15 is 0 Å². The van der Waals surface area contributed by atoms with E-state index < -0.39 is 10.0 Å². The number of sulfonamides is 1. The van der Waals surface area contributed by atoms with Crippen LogP contribution in [0, 0.1) is 0 Å². The molecule has 130 valence electrons. The number of hydrogen-bond donors (Lipinski definition) is 2. The van der Waals surface area contributed by atoms with E-state index in [0.717, 1.165) is 11.0 Å². The number of nitrogens with zero attached hydrogens (tertiary/aromatic N) is 2. The molecule has 3 aromatic rings. The van der Waals surface area contributed by atoms with Crippen molar-refractivity contribution in [2.24, 2.45) is 0 Å². The van der Waals surface area contributed by atoms with E-state index in [1.807, 2.05) is 24.3 Å². The summed E-state index contributed by atoms with van der Waals surface area (Å²) in [6.07, 6.45) is 1.48. The Morgan fingerprint density at radius 3 is 2.76 bits per heavy atom. The van der Waals surface area contributed by atoms with Crippen molar-refractivity contribution in [1.29, 1.82) is 0 Å². The first-order chi connectivity index (χ1) is 12.0. The van der Waals surface area contributed by atoms with Crippen LogP contribution in [-0.2, 0) is 14.8 Å². The number of aromatic nitrogens is 2. The Morgan fingerprint density at radius 2 is 1.96 bits per heavy atom. The summed E-state index contributed by atoms with van der Waals surface area (Å²) in [7, 11) is -3.71. The second-order valence-electron chi connectivity index (χ2n) is 5.24. The number of carbonyl (C=O) groups excluding carboxylic acids is 1. The molecule has 0 saturated heterocycles. The van der Waals surface area contributed by atoms with Crippen molar-refractivity contribution in [3.05, 3.63) is 59.9 Å². The van der Waals surface area contributed by atoms with E-state index in [9.17, 15) is 13.2 Å². The highest BCUT2D eigenvalue weighted by molar-refractivity contribution is 7.89. The van der Waals surface area contributed by atoms with Gasteiger partial charge in [0.25, 0.3) is 0 Å². The average molecular weight is 379 g/mol. The molecule has 25 heavy (non-hydrogen) atoms. The molecule has 0 radical (unpaired) electrons. The molecule has 0 spiro atoms. The highest BCUT2D eigenvalue weighted by Crippen LogP contribution is 2.15. The molecule has 0 aliphatic heterocycles. The van der Waals surface area contributed by atoms with Crippen LogP contribution in [0.1, 0.15) is 6.42 Å². The molecule has 0 aliphatic rings. The fourth-order valence-corrected chi connectivity index (χ4v) is 3.59. The SMILES string of the molecule is O=C(CCNS(=O)(=O)c1cccc(Cl)c1)Nn1cnc2ccccc21. The van der Waals surface area contributed by atoms with Crippen molar-refractivity contribution in [3.63, 3.8) is 0 Å². The van der Waals surface area contributed by atoms with Crippen molar-refractivity contribution in [1.82, 2.24) is 14.4 Å². The van der Waals surface area contributed by atoms with Crippen molar-refractivity contribution in [2.75, 3.05) is 12.0 Å². The number of halogens is 1. The monoisotopic (exact) mass is 378 g/mol. The maximum atomic E-state index is 12.1. The fraction of sp³-hybridized carbons (Fsp3) is 0.125. The molecule has 1 heterocycles. The number of carbonyl (C=O) groups is 1. The molecule has 7 nitrogen and oxygen atoms in total. The van der Waals surface area contributed by atoms with Gasteiger partial charge in [0, 0.05) is 18.0 Å². The van der Waals surface area contributed by atoms with Crippen molar-refractivity contribution >= 4 is 38.6 Å². The van der Waals surface area contributed by atoms with Crippen LogP contribution in [-0.4, -0.2) is 30.5 Å². The van der Waals surface area contributed by atoms with Crippen molar-refractivity contribution < 1.29 is 13.2 Å². The van der Waals surface area contributed by atoms with Gasteiger partial charge >= 0.3 is 0 Å². The lowest BCUT2D eigenvalue weighted by atomic mass is 10.3. The molecule has 2 aromatic carbocycles. The predicted molar refractivity (Wildman–Crippen MR) is 95.4 cm³/mol. The number of amides is 1. The van der Waals surface area contributed by atoms with Crippen LogP contribution >= 0.6 is 11.6 Å². The molecule has 1 amide bonds. The van der Waals surface area contributed by atoms with Gasteiger partial charge in [-0.2, -0.15) is 0 Å². The fourth-order valence-electron chi connectivity index (χ4n) is 2.25. The molecule has 0 atom stereocenters. The van der Waals surface area contributed by atoms with Crippen molar-refractivity contribution in [3.8, 4) is 0 Å². The Labute approximate surface area is 149 Å². The number of rotatable bonds is 6. The van der Waals surface area contributed by atoms with Gasteiger partial charge in [0.15, 0.2) is 0 Å². The number of hydrogen-bond acceptors (Lipinski definition) is 4. The first-order valence-electron chi connectivity index (χ1n) is 7.43. The molecule has 0 aliphatic carbocycles. The van der Waals surface area contributed by atoms with Crippen LogP contribution in [0.15, 0.2) is 59.8 Å². The lowest BCUT2D eigenvalue weighted by molar-refractivity contribution is -0.116. The minimum absolute atomic E-state index is 0.0215. The van der Waals surface area contributed by atoms with Crippen LogP contribution in [0.4, 0.5) is 0 Å². The number of fused-ring (bicyclic) bond motifs is 1. The van der Waals surface area contributed by atoms with Crippen molar-refractivity contribution in [2.45, 2.75) is 11.3 Å². The van der Waals surface area contributed by atoms with E-state index in [2.05, 4.69) is 15.1 Å². The van der Waals surface area contributed by atoms with Gasteiger partial charge in [-0.25, -0.2) is 22.8 Å². The maximum Gasteiger partial charge on any atom is 0.240 e. The molecule has 9 heteroatoms. The number of imidazole rings is 1. The molecule has 0 unspecified atom stereocenters. The molecule has 1 aromatic heterocycles. The summed E-state index contributed by atoms with van der Waals surface area (Å²) in [5.41, 5.74) is 4.17. The van der Waals surface area contributed by atoms with Gasteiger partial charge < -0.3 is 0 Å². The lowest BCUT2D eigenvalue weighted by Gasteiger charge is -2.09. The topological polar surface area (TPSA) is 93.1 Å². The standard InChI is InChI=1S/C16H15ClN4O3S/c17-12-4-3-5-13(10-12)25(23,24)19-9-8-16(22)20-21-11-18-14-6-1-2-7-15(14)21/h1-7,10-11,19H,8-9H2,(H,20,22). The third-order valence-corrected chi connectivity index (χ3v) is 5.14. The number of benzene rings is 2. The Bertz CT molecular complexity index is 1020. The summed E-state index contributed by atoms with van der Waals surface area (Å²) in [5, 5.41) is 0.326. The maximum absolute atomic E-state index is 12.1. The summed E-state index contributed by atoms with van der Waals surface area (Å²) in [4.78, 5) is 16.2. The van der Waals surface area contributed by atoms with E-state index in [-0.39, 0.29) is 23.8 Å². The molecular formula is C16H15ClN4O3S. The van der Waals surface area contributed by atoms with Crippen LogP contribution in [0.5, 0.6) is 0 Å². The third kappa shape index (κ3) is 4.16. The Morgan fingerprint density at radius 1 is 1.16 bits per heavy atom. The normalized spacial score (nSPS) is 11.6. The van der Waals surface area contributed by atoms with Crippen LogP contribution in [0.2, 0.25) is 5.02 Å². The molecule has 3 rings (SSSR count). The van der Waals surface area contributed by atoms with E-state index in [1.165, 1.54) is 23.1 Å². The third-order valence-electron chi connectivity index (χ3n) is 3.45. The largest absolute Gasteiger partial charge is 0.273 e. The highest BCUT2D eigenvalue weighted by atomic mass is 35.5. The quantitative estimate of drug-likeness (QED) is 0.687. The van der Waals surface area contributed by atoms with E-state index in [4.69, 9.17) is 11.6 Å². The summed E-state index contributed by atoms with van der Waals surface area (Å²) in [5.74, 6) is -0.336. The molecule has 0 bridgehead atoms. The van der Waals surface area contributed by atoms with E-state index in [1.54, 1.807) is 12.1 Å². The second-order valence-corrected chi connectivity index (χ2v) is 7.45. The van der Waals surface area contributed by atoms with Gasteiger partial charge in [-0.1, -0.05) is 29.8 Å². The van der Waals surface area contributed by atoms with E-state index in [0.29, 0.717) is 5.02 Å². The minimum atomic E-state index is -3.71. The Balaban J connectivity index is 1.57. The van der Waals surface area contributed by atoms with Crippen LogP contribution in [0.3, 0.4) is 0 Å². The zero-order valence-corrected chi connectivity index (χ0v) is 14.6. The highest BCUT2D eigenvalue weighted by Gasteiger charge is 2.14. The van der Waals surface area contributed by atoms with Gasteiger partial charge in [0.2, 0.25) is 15.9 Å². The number of nitrogens with one attached hydrogen (secondary N) is 2. The van der Waals surface area contributed by atoms with Gasteiger partial charge in [-0.05, 0) is 30.3 Å². The zero-order valence-electron chi connectivity index (χ0n) is 13.0. The lowest BCUT2D eigenvalue weighted by Crippen LogP contribution is -2.30. The van der Waals surface area contributed by atoms with Gasteiger partial charge in [0.1, 0.15) is 6.33 Å². The Kier molecular flexibility index (Phi) is 5.03. The number of para-hydroxylation sites is 2. The molecule has 2 N–H and O–H groups in total. The second kappa shape index (κ2) is 7.22. The van der Waals surface area contributed by atoms with Gasteiger partial charge in [-0.15, -0.1) is 0 Å². The van der Waals surface area contributed by atoms with Crippen LogP contribution in [0.25, 0.3) is 11.0 Å². The van der Waals surface area contributed by atoms with Crippen LogP contribution < -0.4 is 10.1 Å². The molecule has 0 fully saturated rings. The first-order valence-corrected chi connectivity index (χ1v) is 9.29. The summed E-state index contributed by atoms with van der Waals surface area (Å²) in [6.45, 7) is -0.0344. The smallest absolute Gasteiger partial charge is 0.240 e. The minimum Gasteiger partial charge on any atom is -0.273 e.